The van der Waals surface area contributed by atoms with Crippen LogP contribution in [0.4, 0.5) is 0 Å². The van der Waals surface area contributed by atoms with E-state index in [-0.39, 0.29) is 30.7 Å². The van der Waals surface area contributed by atoms with Crippen LogP contribution in [0.25, 0.3) is 0 Å². The van der Waals surface area contributed by atoms with E-state index in [0.29, 0.717) is 6.61 Å². The van der Waals surface area contributed by atoms with Crippen molar-refractivity contribution < 1.29 is 19.0 Å². The summed E-state index contributed by atoms with van der Waals surface area (Å²) >= 11 is 5.74. The fraction of sp³-hybridized carbons (Fsp3) is 0.909. The first-order chi connectivity index (χ1) is 7.76. The number of esters is 1. The normalized spacial score (nSPS) is 22.8. The van der Waals surface area contributed by atoms with Crippen molar-refractivity contribution in [1.29, 1.82) is 0 Å². The van der Waals surface area contributed by atoms with Crippen molar-refractivity contribution in [1.82, 2.24) is 0 Å². The molecule has 0 saturated carbocycles. The molecule has 0 N–H and O–H groups in total. The van der Waals surface area contributed by atoms with Crippen molar-refractivity contribution in [2.45, 2.75) is 45.0 Å². The fourth-order valence-corrected chi connectivity index (χ4v) is 1.76. The van der Waals surface area contributed by atoms with Gasteiger partial charge in [-0.05, 0) is 26.2 Å². The predicted octanol–water partition coefficient (Wildman–Crippen LogP) is 2.09. The summed E-state index contributed by atoms with van der Waals surface area (Å²) in [6.45, 7) is 2.88. The first kappa shape index (κ1) is 13.7. The molecule has 94 valence electrons. The molecule has 0 radical (unpaired) electrons. The highest BCUT2D eigenvalue weighted by Crippen LogP contribution is 2.17. The molecule has 1 saturated heterocycles. The summed E-state index contributed by atoms with van der Waals surface area (Å²) in [6.07, 6.45) is 2.70. The minimum Gasteiger partial charge on any atom is -0.466 e. The van der Waals surface area contributed by atoms with Crippen LogP contribution in [0, 0.1) is 0 Å². The average Bonchev–Trinajstić information content (AvgIpc) is 2.30. The van der Waals surface area contributed by atoms with E-state index in [4.69, 9.17) is 25.8 Å². The van der Waals surface area contributed by atoms with Crippen LogP contribution in [0.5, 0.6) is 0 Å². The van der Waals surface area contributed by atoms with Gasteiger partial charge < -0.3 is 14.2 Å². The zero-order valence-corrected chi connectivity index (χ0v) is 10.4. The van der Waals surface area contributed by atoms with Gasteiger partial charge in [-0.25, -0.2) is 0 Å². The number of halogens is 1. The molecule has 0 aromatic rings. The van der Waals surface area contributed by atoms with Crippen LogP contribution in [0.3, 0.4) is 0 Å². The molecule has 2 atom stereocenters. The molecule has 0 amide bonds. The summed E-state index contributed by atoms with van der Waals surface area (Å²) in [6, 6.07) is 0. The molecule has 0 aromatic carbocycles. The number of carbonyl (C=O) groups excluding carboxylic acids is 1. The van der Waals surface area contributed by atoms with Crippen LogP contribution < -0.4 is 0 Å². The van der Waals surface area contributed by atoms with Crippen LogP contribution in [0.15, 0.2) is 0 Å². The molecule has 0 aromatic heterocycles. The van der Waals surface area contributed by atoms with E-state index in [9.17, 15) is 4.79 Å². The lowest BCUT2D eigenvalue weighted by Crippen LogP contribution is -2.30. The summed E-state index contributed by atoms with van der Waals surface area (Å²) < 4.78 is 15.9. The number of hydrogen-bond acceptors (Lipinski definition) is 4. The Hall–Kier alpha value is -0.320. The van der Waals surface area contributed by atoms with Gasteiger partial charge in [-0.1, -0.05) is 0 Å². The first-order valence-electron chi connectivity index (χ1n) is 5.75. The minimum atomic E-state index is -0.316. The largest absolute Gasteiger partial charge is 0.466 e. The van der Waals surface area contributed by atoms with Crippen LogP contribution in [0.2, 0.25) is 0 Å². The molecule has 0 bridgehead atoms. The summed E-state index contributed by atoms with van der Waals surface area (Å²) in [5.74, 6) is 0.00235. The molecule has 16 heavy (non-hydrogen) atoms. The first-order valence-corrected chi connectivity index (χ1v) is 6.28. The van der Waals surface area contributed by atoms with E-state index >= 15 is 0 Å². The molecule has 5 heteroatoms. The monoisotopic (exact) mass is 250 g/mol. The summed E-state index contributed by atoms with van der Waals surface area (Å²) in [5.41, 5.74) is 0. The quantitative estimate of drug-likeness (QED) is 0.535. The van der Waals surface area contributed by atoms with Crippen LogP contribution in [-0.2, 0) is 19.0 Å². The molecule has 1 heterocycles. The third kappa shape index (κ3) is 5.14. The van der Waals surface area contributed by atoms with Crippen LogP contribution in [-0.4, -0.2) is 37.5 Å². The van der Waals surface area contributed by atoms with Gasteiger partial charge in [-0.15, -0.1) is 11.6 Å². The highest BCUT2D eigenvalue weighted by molar-refractivity contribution is 6.18. The van der Waals surface area contributed by atoms with Crippen molar-refractivity contribution >= 4 is 17.6 Å². The highest BCUT2D eigenvalue weighted by Gasteiger charge is 2.21. The predicted molar refractivity (Wildman–Crippen MR) is 60.4 cm³/mol. The highest BCUT2D eigenvalue weighted by atomic mass is 35.5. The second-order valence-corrected chi connectivity index (χ2v) is 4.03. The van der Waals surface area contributed by atoms with E-state index in [1.807, 2.05) is 0 Å². The zero-order valence-electron chi connectivity index (χ0n) is 9.62. The average molecular weight is 251 g/mol. The second-order valence-electron chi connectivity index (χ2n) is 3.72. The second kappa shape index (κ2) is 7.87. The van der Waals surface area contributed by atoms with E-state index in [2.05, 4.69) is 0 Å². The number of ether oxygens (including phenoxy) is 3. The Balaban J connectivity index is 2.27. The lowest BCUT2D eigenvalue weighted by molar-refractivity contribution is -0.188. The molecule has 1 aliphatic heterocycles. The molecule has 2 unspecified atom stereocenters. The van der Waals surface area contributed by atoms with Gasteiger partial charge in [0, 0.05) is 12.5 Å². The minimum absolute atomic E-state index is 0.192. The maximum absolute atomic E-state index is 11.3. The maximum Gasteiger partial charge on any atom is 0.308 e. The molecular weight excluding hydrogens is 232 g/mol. The summed E-state index contributed by atoms with van der Waals surface area (Å²) in [4.78, 5) is 11.3. The van der Waals surface area contributed by atoms with Gasteiger partial charge in [0.15, 0.2) is 6.29 Å². The van der Waals surface area contributed by atoms with Crippen LogP contribution >= 0.6 is 11.6 Å². The third-order valence-corrected chi connectivity index (χ3v) is 2.70. The smallest absolute Gasteiger partial charge is 0.308 e. The van der Waals surface area contributed by atoms with Gasteiger partial charge in [0.2, 0.25) is 0 Å². The summed E-state index contributed by atoms with van der Waals surface area (Å²) in [7, 11) is 0. The van der Waals surface area contributed by atoms with Gasteiger partial charge in [-0.3, -0.25) is 4.79 Å². The number of hydrogen-bond donors (Lipinski definition) is 0. The Morgan fingerprint density at radius 2 is 2.38 bits per heavy atom. The Morgan fingerprint density at radius 3 is 2.94 bits per heavy atom. The maximum atomic E-state index is 11.3. The van der Waals surface area contributed by atoms with Gasteiger partial charge in [0.05, 0.1) is 19.1 Å². The van der Waals surface area contributed by atoms with Crippen molar-refractivity contribution in [2.24, 2.45) is 0 Å². The Kier molecular flexibility index (Phi) is 6.76. The zero-order chi connectivity index (χ0) is 11.8. The molecular formula is C11H19ClO4. The third-order valence-electron chi connectivity index (χ3n) is 2.35. The molecule has 4 nitrogen and oxygen atoms in total. The van der Waals surface area contributed by atoms with Crippen molar-refractivity contribution in [3.05, 3.63) is 0 Å². The van der Waals surface area contributed by atoms with E-state index < -0.39 is 0 Å². The Labute approximate surface area is 101 Å². The van der Waals surface area contributed by atoms with Gasteiger partial charge in [-0.2, -0.15) is 0 Å². The van der Waals surface area contributed by atoms with Gasteiger partial charge in [0.25, 0.3) is 0 Å². The Bertz CT molecular complexity index is 204. The lowest BCUT2D eigenvalue weighted by Gasteiger charge is -2.26. The van der Waals surface area contributed by atoms with Crippen molar-refractivity contribution in [3.8, 4) is 0 Å². The number of rotatable bonds is 6. The SMILES string of the molecule is CCOC(=O)CC(CCl)OC1CCCCO1. The lowest BCUT2D eigenvalue weighted by atomic mass is 10.2. The number of alkyl halides is 1. The summed E-state index contributed by atoms with van der Waals surface area (Å²) in [5, 5.41) is 0. The van der Waals surface area contributed by atoms with E-state index in [0.717, 1.165) is 25.9 Å². The molecule has 0 spiro atoms. The van der Waals surface area contributed by atoms with Crippen molar-refractivity contribution in [2.75, 3.05) is 19.1 Å². The molecule has 1 rings (SSSR count). The molecule has 1 aliphatic rings. The van der Waals surface area contributed by atoms with Crippen LogP contribution in [0.1, 0.15) is 32.6 Å². The Morgan fingerprint density at radius 1 is 1.56 bits per heavy atom. The van der Waals surface area contributed by atoms with Crippen molar-refractivity contribution in [3.63, 3.8) is 0 Å². The topological polar surface area (TPSA) is 44.8 Å². The molecule has 0 aliphatic carbocycles. The standard InChI is InChI=1S/C11H19ClO4/c1-2-14-10(13)7-9(8-12)16-11-5-3-4-6-15-11/h9,11H,2-8H2,1H3. The van der Waals surface area contributed by atoms with Gasteiger partial charge >= 0.3 is 5.97 Å². The van der Waals surface area contributed by atoms with E-state index in [1.54, 1.807) is 6.92 Å². The number of carbonyl (C=O) groups is 1. The fourth-order valence-electron chi connectivity index (χ4n) is 1.58. The van der Waals surface area contributed by atoms with E-state index in [1.165, 1.54) is 0 Å². The molecule has 1 fully saturated rings. The van der Waals surface area contributed by atoms with Gasteiger partial charge in [0.1, 0.15) is 0 Å².